The van der Waals surface area contributed by atoms with Crippen LogP contribution >= 0.6 is 0 Å². The average molecular weight is 341 g/mol. The summed E-state index contributed by atoms with van der Waals surface area (Å²) in [5.74, 6) is 1.01. The molecule has 1 aliphatic heterocycles. The highest BCUT2D eigenvalue weighted by Crippen LogP contribution is 2.33. The van der Waals surface area contributed by atoms with Crippen LogP contribution in [0, 0.1) is 0 Å². The molecule has 5 nitrogen and oxygen atoms in total. The Balaban J connectivity index is 1.66. The van der Waals surface area contributed by atoms with Gasteiger partial charge < -0.3 is 9.47 Å². The molecule has 0 aromatic heterocycles. The molecule has 3 aromatic rings. The van der Waals surface area contributed by atoms with Gasteiger partial charge in [0, 0.05) is 11.8 Å². The van der Waals surface area contributed by atoms with Gasteiger partial charge in [0.05, 0.1) is 4.90 Å². The smallest absolute Gasteiger partial charge is 0.262 e. The standard InChI is InChI=1S/C18H15NO4S/c20-24(21,16-7-8-17-18(12-16)23-10-9-22-17)19-15-6-5-13-3-1-2-4-14(13)11-15/h1-8,11-12,19H,9-10H2. The van der Waals surface area contributed by atoms with Crippen molar-refractivity contribution in [1.82, 2.24) is 0 Å². The molecular weight excluding hydrogens is 326 g/mol. The number of hydrogen-bond acceptors (Lipinski definition) is 4. The molecule has 0 spiro atoms. The maximum atomic E-state index is 12.6. The number of anilines is 1. The molecule has 0 amide bonds. The summed E-state index contributed by atoms with van der Waals surface area (Å²) in [6.07, 6.45) is 0. The molecule has 4 rings (SSSR count). The Kier molecular flexibility index (Phi) is 3.54. The Bertz CT molecular complexity index is 1010. The van der Waals surface area contributed by atoms with Crippen molar-refractivity contribution in [3.8, 4) is 11.5 Å². The molecule has 0 unspecified atom stereocenters. The molecule has 1 aliphatic rings. The van der Waals surface area contributed by atoms with Gasteiger partial charge in [0.1, 0.15) is 13.2 Å². The molecular formula is C18H15NO4S. The van der Waals surface area contributed by atoms with Crippen LogP contribution < -0.4 is 14.2 Å². The molecule has 0 saturated heterocycles. The Labute approximate surface area is 139 Å². The molecule has 0 atom stereocenters. The first-order valence-corrected chi connectivity index (χ1v) is 9.01. The molecule has 122 valence electrons. The number of fused-ring (bicyclic) bond motifs is 2. The molecule has 24 heavy (non-hydrogen) atoms. The fraction of sp³-hybridized carbons (Fsp3) is 0.111. The van der Waals surface area contributed by atoms with Crippen LogP contribution in [-0.2, 0) is 10.0 Å². The van der Waals surface area contributed by atoms with Crippen LogP contribution in [0.5, 0.6) is 11.5 Å². The Morgan fingerprint density at radius 3 is 2.38 bits per heavy atom. The first-order chi connectivity index (χ1) is 11.6. The summed E-state index contributed by atoms with van der Waals surface area (Å²) < 4.78 is 38.7. The summed E-state index contributed by atoms with van der Waals surface area (Å²) in [5.41, 5.74) is 0.517. The van der Waals surface area contributed by atoms with E-state index in [1.165, 1.54) is 12.1 Å². The number of ether oxygens (including phenoxy) is 2. The Morgan fingerprint density at radius 2 is 1.54 bits per heavy atom. The van der Waals surface area contributed by atoms with Crippen LogP contribution in [0.2, 0.25) is 0 Å². The van der Waals surface area contributed by atoms with Gasteiger partial charge in [-0.05, 0) is 35.0 Å². The lowest BCUT2D eigenvalue weighted by atomic mass is 10.1. The quantitative estimate of drug-likeness (QED) is 0.793. The minimum atomic E-state index is -3.70. The minimum Gasteiger partial charge on any atom is -0.486 e. The van der Waals surface area contributed by atoms with Crippen LogP contribution in [0.3, 0.4) is 0 Å². The maximum Gasteiger partial charge on any atom is 0.262 e. The van der Waals surface area contributed by atoms with Gasteiger partial charge in [0.25, 0.3) is 10.0 Å². The van der Waals surface area contributed by atoms with Crippen molar-refractivity contribution < 1.29 is 17.9 Å². The fourth-order valence-electron chi connectivity index (χ4n) is 2.66. The monoisotopic (exact) mass is 341 g/mol. The van der Waals surface area contributed by atoms with Gasteiger partial charge in [-0.15, -0.1) is 0 Å². The van der Waals surface area contributed by atoms with Crippen LogP contribution in [0.1, 0.15) is 0 Å². The molecule has 0 saturated carbocycles. The van der Waals surface area contributed by atoms with E-state index in [9.17, 15) is 8.42 Å². The molecule has 0 bridgehead atoms. The maximum absolute atomic E-state index is 12.6. The van der Waals surface area contributed by atoms with Gasteiger partial charge in [-0.2, -0.15) is 0 Å². The first-order valence-electron chi connectivity index (χ1n) is 7.53. The summed E-state index contributed by atoms with van der Waals surface area (Å²) >= 11 is 0. The number of hydrogen-bond donors (Lipinski definition) is 1. The molecule has 0 radical (unpaired) electrons. The average Bonchev–Trinajstić information content (AvgIpc) is 2.61. The number of sulfonamides is 1. The zero-order valence-corrected chi connectivity index (χ0v) is 13.5. The SMILES string of the molecule is O=S(=O)(Nc1ccc2ccccc2c1)c1ccc2c(c1)OCCO2. The second-order valence-electron chi connectivity index (χ2n) is 5.47. The lowest BCUT2D eigenvalue weighted by Gasteiger charge is -2.19. The van der Waals surface area contributed by atoms with Crippen molar-refractivity contribution in [3.05, 3.63) is 60.7 Å². The second-order valence-corrected chi connectivity index (χ2v) is 7.16. The normalized spacial score (nSPS) is 13.7. The summed E-state index contributed by atoms with van der Waals surface area (Å²) in [4.78, 5) is 0.139. The van der Waals surface area contributed by atoms with Gasteiger partial charge in [-0.1, -0.05) is 30.3 Å². The van der Waals surface area contributed by atoms with Gasteiger partial charge in [0.2, 0.25) is 0 Å². The van der Waals surface area contributed by atoms with Gasteiger partial charge in [-0.3, -0.25) is 4.72 Å². The van der Waals surface area contributed by atoms with Crippen LogP contribution in [-0.4, -0.2) is 21.6 Å². The predicted octanol–water partition coefficient (Wildman–Crippen LogP) is 3.41. The second kappa shape index (κ2) is 5.72. The van der Waals surface area contributed by atoms with Crippen molar-refractivity contribution in [2.45, 2.75) is 4.90 Å². The number of benzene rings is 3. The topological polar surface area (TPSA) is 64.6 Å². The zero-order valence-electron chi connectivity index (χ0n) is 12.7. The lowest BCUT2D eigenvalue weighted by Crippen LogP contribution is -2.17. The van der Waals surface area contributed by atoms with E-state index < -0.39 is 10.0 Å². The van der Waals surface area contributed by atoms with Crippen molar-refractivity contribution in [2.75, 3.05) is 17.9 Å². The van der Waals surface area contributed by atoms with Crippen molar-refractivity contribution in [3.63, 3.8) is 0 Å². The van der Waals surface area contributed by atoms with E-state index in [4.69, 9.17) is 9.47 Å². The van der Waals surface area contributed by atoms with Crippen molar-refractivity contribution in [1.29, 1.82) is 0 Å². The van der Waals surface area contributed by atoms with Crippen LogP contribution in [0.25, 0.3) is 10.8 Å². The summed E-state index contributed by atoms with van der Waals surface area (Å²) in [5, 5.41) is 2.03. The molecule has 1 N–H and O–H groups in total. The molecule has 1 heterocycles. The third kappa shape index (κ3) is 2.76. The highest BCUT2D eigenvalue weighted by molar-refractivity contribution is 7.92. The molecule has 6 heteroatoms. The fourth-order valence-corrected chi connectivity index (χ4v) is 3.72. The molecule has 0 fully saturated rings. The molecule has 0 aliphatic carbocycles. The van der Waals surface area contributed by atoms with E-state index in [0.717, 1.165) is 10.8 Å². The lowest BCUT2D eigenvalue weighted by molar-refractivity contribution is 0.171. The van der Waals surface area contributed by atoms with E-state index in [-0.39, 0.29) is 4.90 Å². The van der Waals surface area contributed by atoms with E-state index in [0.29, 0.717) is 30.4 Å². The Hall–Kier alpha value is -2.73. The van der Waals surface area contributed by atoms with Gasteiger partial charge in [0.15, 0.2) is 11.5 Å². The summed E-state index contributed by atoms with van der Waals surface area (Å²) in [6.45, 7) is 0.878. The van der Waals surface area contributed by atoms with Crippen LogP contribution in [0.4, 0.5) is 5.69 Å². The molecule has 3 aromatic carbocycles. The summed E-state index contributed by atoms with van der Waals surface area (Å²) in [6, 6.07) is 17.8. The van der Waals surface area contributed by atoms with E-state index in [1.54, 1.807) is 12.1 Å². The first kappa shape index (κ1) is 14.8. The minimum absolute atomic E-state index is 0.139. The highest BCUT2D eigenvalue weighted by atomic mass is 32.2. The van der Waals surface area contributed by atoms with E-state index >= 15 is 0 Å². The third-order valence-corrected chi connectivity index (χ3v) is 5.20. The van der Waals surface area contributed by atoms with E-state index in [2.05, 4.69) is 4.72 Å². The predicted molar refractivity (Wildman–Crippen MR) is 92.2 cm³/mol. The van der Waals surface area contributed by atoms with Gasteiger partial charge >= 0.3 is 0 Å². The summed E-state index contributed by atoms with van der Waals surface area (Å²) in [7, 11) is -3.70. The van der Waals surface area contributed by atoms with E-state index in [1.807, 2.05) is 36.4 Å². The van der Waals surface area contributed by atoms with Gasteiger partial charge in [-0.25, -0.2) is 8.42 Å². The number of rotatable bonds is 3. The number of nitrogens with one attached hydrogen (secondary N) is 1. The Morgan fingerprint density at radius 1 is 0.792 bits per heavy atom. The largest absolute Gasteiger partial charge is 0.486 e. The zero-order chi connectivity index (χ0) is 16.6. The van der Waals surface area contributed by atoms with Crippen molar-refractivity contribution >= 4 is 26.5 Å². The van der Waals surface area contributed by atoms with Crippen molar-refractivity contribution in [2.24, 2.45) is 0 Å². The highest BCUT2D eigenvalue weighted by Gasteiger charge is 2.19. The van der Waals surface area contributed by atoms with Crippen LogP contribution in [0.15, 0.2) is 65.6 Å². The third-order valence-electron chi connectivity index (χ3n) is 3.83.